The van der Waals surface area contributed by atoms with Gasteiger partial charge in [-0.25, -0.2) is 0 Å². The number of halogens is 1. The topological polar surface area (TPSA) is 75.6 Å². The minimum absolute atomic E-state index is 0.0152. The molecule has 1 saturated carbocycles. The van der Waals surface area contributed by atoms with Gasteiger partial charge in [-0.3, -0.25) is 9.59 Å². The number of benzene rings is 2. The third-order valence-electron chi connectivity index (χ3n) is 5.51. The molecule has 2 aromatic rings. The van der Waals surface area contributed by atoms with Gasteiger partial charge in [0.1, 0.15) is 11.5 Å². The Kier molecular flexibility index (Phi) is 5.09. The largest absolute Gasteiger partial charge is 0.481 e. The van der Waals surface area contributed by atoms with E-state index >= 15 is 0 Å². The maximum atomic E-state index is 12.8. The first kappa shape index (κ1) is 18.6. The zero-order valence-corrected chi connectivity index (χ0v) is 15.8. The standard InChI is InChI=1S/C22H20ClNO4/c23-15-5-9-17(10-6-15)28-18-11-7-16(8-12-18)24-21(25)19-13-1-3-14(4-2-13)20(19)22(26)27/h1,3,5-14,19-20H,2,4H2,(H,24,25)(H,26,27)/t13-,14+,19-,20-/m0/s1. The molecule has 0 unspecified atom stereocenters. The number of carboxylic acids is 1. The molecule has 2 bridgehead atoms. The molecule has 4 atom stereocenters. The number of carboxylic acid groups (broad SMARTS) is 1. The number of rotatable bonds is 5. The van der Waals surface area contributed by atoms with Gasteiger partial charge in [-0.1, -0.05) is 23.8 Å². The number of hydrogen-bond acceptors (Lipinski definition) is 3. The Labute approximate surface area is 168 Å². The molecular weight excluding hydrogens is 378 g/mol. The second-order valence-electron chi connectivity index (χ2n) is 7.25. The number of amides is 1. The van der Waals surface area contributed by atoms with Crippen molar-refractivity contribution in [2.75, 3.05) is 5.32 Å². The number of ether oxygens (including phenoxy) is 1. The quantitative estimate of drug-likeness (QED) is 0.697. The number of fused-ring (bicyclic) bond motifs is 2. The SMILES string of the molecule is O=C(O)[C@@H]1[C@@H](C(=O)Nc2ccc(Oc3ccc(Cl)cc3)cc2)[C@H]2C=C[C@@H]1CC2. The molecule has 5 rings (SSSR count). The Morgan fingerprint density at radius 3 is 1.96 bits per heavy atom. The van der Waals surface area contributed by atoms with Crippen molar-refractivity contribution in [3.05, 3.63) is 65.7 Å². The van der Waals surface area contributed by atoms with Crippen LogP contribution in [0, 0.1) is 23.7 Å². The minimum Gasteiger partial charge on any atom is -0.481 e. The number of carbonyl (C=O) groups excluding carboxylic acids is 1. The lowest BCUT2D eigenvalue weighted by Crippen LogP contribution is -2.47. The number of hydrogen-bond donors (Lipinski definition) is 2. The van der Waals surface area contributed by atoms with Crippen molar-refractivity contribution in [3.8, 4) is 11.5 Å². The molecule has 1 amide bonds. The number of anilines is 1. The Hall–Kier alpha value is -2.79. The fourth-order valence-corrected chi connectivity index (χ4v) is 4.28. The van der Waals surface area contributed by atoms with E-state index in [1.54, 1.807) is 48.5 Å². The normalized spacial score (nSPS) is 25.3. The molecule has 6 heteroatoms. The highest BCUT2D eigenvalue weighted by Crippen LogP contribution is 2.45. The summed E-state index contributed by atoms with van der Waals surface area (Å²) in [5.41, 5.74) is 0.614. The van der Waals surface area contributed by atoms with Crippen LogP contribution in [-0.4, -0.2) is 17.0 Å². The van der Waals surface area contributed by atoms with E-state index in [1.165, 1.54) is 0 Å². The van der Waals surface area contributed by atoms with Crippen molar-refractivity contribution < 1.29 is 19.4 Å². The Bertz CT molecular complexity index is 907. The summed E-state index contributed by atoms with van der Waals surface area (Å²) >= 11 is 5.86. The summed E-state index contributed by atoms with van der Waals surface area (Å²) in [7, 11) is 0. The van der Waals surface area contributed by atoms with Gasteiger partial charge in [-0.15, -0.1) is 0 Å². The highest BCUT2D eigenvalue weighted by Gasteiger charge is 2.48. The summed E-state index contributed by atoms with van der Waals surface area (Å²) in [6, 6.07) is 14.0. The summed E-state index contributed by atoms with van der Waals surface area (Å²) in [5, 5.41) is 13.1. The predicted octanol–water partition coefficient (Wildman–Crippen LogP) is 4.98. The van der Waals surface area contributed by atoms with E-state index in [2.05, 4.69) is 5.32 Å². The third kappa shape index (κ3) is 3.76. The summed E-state index contributed by atoms with van der Waals surface area (Å²) in [5.74, 6) is -1.11. The van der Waals surface area contributed by atoms with Gasteiger partial charge in [0.05, 0.1) is 11.8 Å². The summed E-state index contributed by atoms with van der Waals surface area (Å²) < 4.78 is 5.74. The van der Waals surface area contributed by atoms with Gasteiger partial charge in [-0.2, -0.15) is 0 Å². The molecular formula is C22H20ClNO4. The third-order valence-corrected chi connectivity index (χ3v) is 5.76. The van der Waals surface area contributed by atoms with Gasteiger partial charge in [0.25, 0.3) is 0 Å². The second-order valence-corrected chi connectivity index (χ2v) is 7.69. The average molecular weight is 398 g/mol. The van der Waals surface area contributed by atoms with Gasteiger partial charge in [0, 0.05) is 10.7 Å². The molecule has 1 fully saturated rings. The van der Waals surface area contributed by atoms with E-state index in [9.17, 15) is 14.7 Å². The van der Waals surface area contributed by atoms with Gasteiger partial charge in [-0.05, 0) is 73.2 Å². The predicted molar refractivity (Wildman–Crippen MR) is 107 cm³/mol. The molecule has 2 N–H and O–H groups in total. The Morgan fingerprint density at radius 2 is 1.43 bits per heavy atom. The van der Waals surface area contributed by atoms with E-state index in [0.29, 0.717) is 22.2 Å². The van der Waals surface area contributed by atoms with Gasteiger partial charge >= 0.3 is 5.97 Å². The van der Waals surface area contributed by atoms with E-state index in [-0.39, 0.29) is 17.7 Å². The van der Waals surface area contributed by atoms with Crippen LogP contribution in [-0.2, 0) is 9.59 Å². The molecule has 0 saturated heterocycles. The van der Waals surface area contributed by atoms with Crippen LogP contribution in [0.2, 0.25) is 5.02 Å². The van der Waals surface area contributed by atoms with Gasteiger partial charge < -0.3 is 15.2 Å². The molecule has 0 heterocycles. The highest BCUT2D eigenvalue weighted by atomic mass is 35.5. The maximum Gasteiger partial charge on any atom is 0.307 e. The van der Waals surface area contributed by atoms with Crippen LogP contribution in [0.15, 0.2) is 60.7 Å². The van der Waals surface area contributed by atoms with E-state index < -0.39 is 17.8 Å². The van der Waals surface area contributed by atoms with Crippen molar-refractivity contribution in [1.29, 1.82) is 0 Å². The smallest absolute Gasteiger partial charge is 0.307 e. The molecule has 2 aromatic carbocycles. The van der Waals surface area contributed by atoms with Crippen LogP contribution in [0.1, 0.15) is 12.8 Å². The molecule has 5 nitrogen and oxygen atoms in total. The number of allylic oxidation sites excluding steroid dienone is 2. The Morgan fingerprint density at radius 1 is 0.893 bits per heavy atom. The number of carbonyl (C=O) groups is 2. The lowest BCUT2D eigenvalue weighted by atomic mass is 9.62. The first-order valence-corrected chi connectivity index (χ1v) is 9.64. The molecule has 28 heavy (non-hydrogen) atoms. The molecule has 0 spiro atoms. The molecule has 0 aliphatic heterocycles. The average Bonchev–Trinajstić information content (AvgIpc) is 2.71. The second kappa shape index (κ2) is 7.68. The molecule has 144 valence electrons. The first-order chi connectivity index (χ1) is 13.5. The van der Waals surface area contributed by atoms with Crippen molar-refractivity contribution in [2.24, 2.45) is 23.7 Å². The van der Waals surface area contributed by atoms with Crippen molar-refractivity contribution in [1.82, 2.24) is 0 Å². The lowest BCUT2D eigenvalue weighted by Gasteiger charge is -2.41. The van der Waals surface area contributed by atoms with E-state index in [1.807, 2.05) is 12.2 Å². The van der Waals surface area contributed by atoms with Crippen molar-refractivity contribution in [2.45, 2.75) is 12.8 Å². The lowest BCUT2D eigenvalue weighted by molar-refractivity contribution is -0.151. The van der Waals surface area contributed by atoms with Crippen LogP contribution in [0.4, 0.5) is 5.69 Å². The van der Waals surface area contributed by atoms with E-state index in [0.717, 1.165) is 12.8 Å². The number of aliphatic carboxylic acids is 1. The zero-order chi connectivity index (χ0) is 19.7. The fourth-order valence-electron chi connectivity index (χ4n) is 4.16. The summed E-state index contributed by atoms with van der Waals surface area (Å²) in [6.07, 6.45) is 5.65. The van der Waals surface area contributed by atoms with Crippen LogP contribution in [0.3, 0.4) is 0 Å². The van der Waals surface area contributed by atoms with E-state index in [4.69, 9.17) is 16.3 Å². The molecule has 3 aliphatic carbocycles. The van der Waals surface area contributed by atoms with Gasteiger partial charge in [0.2, 0.25) is 5.91 Å². The zero-order valence-electron chi connectivity index (χ0n) is 15.0. The molecule has 0 aromatic heterocycles. The maximum absolute atomic E-state index is 12.8. The monoisotopic (exact) mass is 397 g/mol. The van der Waals surface area contributed by atoms with Crippen LogP contribution in [0.25, 0.3) is 0 Å². The van der Waals surface area contributed by atoms with Crippen molar-refractivity contribution in [3.63, 3.8) is 0 Å². The van der Waals surface area contributed by atoms with Crippen LogP contribution in [0.5, 0.6) is 11.5 Å². The fraction of sp³-hybridized carbons (Fsp3) is 0.273. The summed E-state index contributed by atoms with van der Waals surface area (Å²) in [6.45, 7) is 0. The number of nitrogens with one attached hydrogen (secondary N) is 1. The van der Waals surface area contributed by atoms with Crippen molar-refractivity contribution >= 4 is 29.2 Å². The van der Waals surface area contributed by atoms with Gasteiger partial charge in [0.15, 0.2) is 0 Å². The first-order valence-electron chi connectivity index (χ1n) is 9.27. The summed E-state index contributed by atoms with van der Waals surface area (Å²) in [4.78, 5) is 24.5. The van der Waals surface area contributed by atoms with Crippen LogP contribution >= 0.6 is 11.6 Å². The Balaban J connectivity index is 1.44. The molecule has 0 radical (unpaired) electrons. The minimum atomic E-state index is -0.897. The highest BCUT2D eigenvalue weighted by molar-refractivity contribution is 6.30. The van der Waals surface area contributed by atoms with Crippen LogP contribution < -0.4 is 10.1 Å². The molecule has 3 aliphatic rings.